The van der Waals surface area contributed by atoms with E-state index in [1.807, 2.05) is 11.8 Å². The largest absolute Gasteiger partial charge is 0.446 e. The van der Waals surface area contributed by atoms with Crippen LogP contribution >= 0.6 is 0 Å². The number of nitrogens with one attached hydrogen (secondary N) is 2. The first-order valence-corrected chi connectivity index (χ1v) is 8.42. The van der Waals surface area contributed by atoms with Gasteiger partial charge in [0.05, 0.1) is 6.10 Å². The van der Waals surface area contributed by atoms with E-state index < -0.39 is 16.3 Å². The van der Waals surface area contributed by atoms with Gasteiger partial charge < -0.3 is 10.1 Å². The van der Waals surface area contributed by atoms with Crippen LogP contribution in [0.15, 0.2) is 0 Å². The Labute approximate surface area is 121 Å². The van der Waals surface area contributed by atoms with Crippen LogP contribution in [-0.4, -0.2) is 51.6 Å². The summed E-state index contributed by atoms with van der Waals surface area (Å²) in [5, 5.41) is 3.10. The molecule has 0 aromatic rings. The third kappa shape index (κ3) is 5.64. The second-order valence-electron chi connectivity index (χ2n) is 5.30. The Morgan fingerprint density at radius 3 is 2.45 bits per heavy atom. The summed E-state index contributed by atoms with van der Waals surface area (Å²) in [4.78, 5) is 11.4. The van der Waals surface area contributed by atoms with Crippen molar-refractivity contribution < 1.29 is 17.9 Å². The highest BCUT2D eigenvalue weighted by atomic mass is 32.2. The molecule has 0 aliphatic carbocycles. The van der Waals surface area contributed by atoms with Crippen LogP contribution in [0.4, 0.5) is 4.79 Å². The lowest BCUT2D eigenvalue weighted by atomic mass is 9.95. The molecule has 0 spiro atoms. The topological polar surface area (TPSA) is 87.7 Å². The van der Waals surface area contributed by atoms with E-state index in [-0.39, 0.29) is 6.10 Å². The Morgan fingerprint density at radius 1 is 1.35 bits per heavy atom. The van der Waals surface area contributed by atoms with Crippen LogP contribution in [0.2, 0.25) is 0 Å². The quantitative estimate of drug-likeness (QED) is 0.754. The Bertz CT molecular complexity index is 403. The maximum Gasteiger partial charge on any atom is 0.422 e. The zero-order valence-electron chi connectivity index (χ0n) is 12.4. The molecule has 0 aromatic heterocycles. The van der Waals surface area contributed by atoms with Crippen molar-refractivity contribution in [2.75, 3.05) is 26.7 Å². The Kier molecular flexibility index (Phi) is 6.70. The molecule has 1 saturated heterocycles. The van der Waals surface area contributed by atoms with Gasteiger partial charge in [-0.1, -0.05) is 0 Å². The highest BCUT2D eigenvalue weighted by molar-refractivity contribution is 7.87. The number of amides is 1. The minimum atomic E-state index is -3.78. The van der Waals surface area contributed by atoms with E-state index in [0.29, 0.717) is 19.0 Å². The molecule has 0 saturated carbocycles. The van der Waals surface area contributed by atoms with Crippen molar-refractivity contribution in [1.82, 2.24) is 14.3 Å². The van der Waals surface area contributed by atoms with Gasteiger partial charge in [0, 0.05) is 13.1 Å². The molecule has 7 nitrogen and oxygen atoms in total. The van der Waals surface area contributed by atoms with Gasteiger partial charge in [-0.25, -0.2) is 9.52 Å². The Morgan fingerprint density at radius 2 is 1.95 bits per heavy atom. The highest BCUT2D eigenvalue weighted by Crippen LogP contribution is 2.21. The molecule has 8 heteroatoms. The van der Waals surface area contributed by atoms with Crippen LogP contribution in [0, 0.1) is 5.92 Å². The van der Waals surface area contributed by atoms with Crippen LogP contribution in [0.1, 0.15) is 33.1 Å². The zero-order chi connectivity index (χ0) is 15.2. The van der Waals surface area contributed by atoms with E-state index in [9.17, 15) is 13.2 Å². The lowest BCUT2D eigenvalue weighted by Crippen LogP contribution is -2.47. The van der Waals surface area contributed by atoms with E-state index in [1.165, 1.54) is 4.31 Å². The number of rotatable bonds is 6. The number of nitrogens with zero attached hydrogens (tertiary/aromatic N) is 1. The minimum absolute atomic E-state index is 0.350. The summed E-state index contributed by atoms with van der Waals surface area (Å²) in [6.07, 6.45) is 1.42. The molecule has 1 heterocycles. The summed E-state index contributed by atoms with van der Waals surface area (Å²) < 4.78 is 32.0. The van der Waals surface area contributed by atoms with Gasteiger partial charge in [0.15, 0.2) is 0 Å². The van der Waals surface area contributed by atoms with Crippen molar-refractivity contribution in [3.63, 3.8) is 0 Å². The summed E-state index contributed by atoms with van der Waals surface area (Å²) in [6, 6.07) is 0. The minimum Gasteiger partial charge on any atom is -0.446 e. The average molecular weight is 307 g/mol. The first-order chi connectivity index (χ1) is 9.35. The van der Waals surface area contributed by atoms with Crippen molar-refractivity contribution in [2.24, 2.45) is 5.92 Å². The van der Waals surface area contributed by atoms with Gasteiger partial charge in [0.25, 0.3) is 0 Å². The highest BCUT2D eigenvalue weighted by Gasteiger charge is 2.29. The number of hydrogen-bond donors (Lipinski definition) is 2. The SMILES string of the molecule is CNCCC1CCN(S(=O)(=O)NC(=O)OC(C)C)CC1. The number of carbonyl (C=O) groups is 1. The molecule has 1 fully saturated rings. The summed E-state index contributed by atoms with van der Waals surface area (Å²) in [5.74, 6) is 0.538. The summed E-state index contributed by atoms with van der Waals surface area (Å²) in [5.41, 5.74) is 0. The monoisotopic (exact) mass is 307 g/mol. The smallest absolute Gasteiger partial charge is 0.422 e. The Hall–Kier alpha value is -0.860. The fraction of sp³-hybridized carbons (Fsp3) is 0.917. The first kappa shape index (κ1) is 17.2. The summed E-state index contributed by atoms with van der Waals surface area (Å²) in [7, 11) is -1.87. The molecule has 2 N–H and O–H groups in total. The molecule has 20 heavy (non-hydrogen) atoms. The van der Waals surface area contributed by atoms with Crippen molar-refractivity contribution in [2.45, 2.75) is 39.2 Å². The van der Waals surface area contributed by atoms with E-state index in [4.69, 9.17) is 4.74 Å². The number of piperidine rings is 1. The summed E-state index contributed by atoms with van der Waals surface area (Å²) >= 11 is 0. The van der Waals surface area contributed by atoms with Crippen molar-refractivity contribution >= 4 is 16.3 Å². The number of carbonyl (C=O) groups excluding carboxylic acids is 1. The van der Waals surface area contributed by atoms with Crippen LogP contribution in [0.3, 0.4) is 0 Å². The van der Waals surface area contributed by atoms with Gasteiger partial charge in [0.1, 0.15) is 0 Å². The van der Waals surface area contributed by atoms with Crippen molar-refractivity contribution in [3.8, 4) is 0 Å². The molecule has 1 rings (SSSR count). The maximum atomic E-state index is 12.0. The molecule has 0 bridgehead atoms. The predicted octanol–water partition coefficient (Wildman–Crippen LogP) is 0.687. The number of ether oxygens (including phenoxy) is 1. The third-order valence-corrected chi connectivity index (χ3v) is 4.74. The van der Waals surface area contributed by atoms with E-state index >= 15 is 0 Å². The molecular weight excluding hydrogens is 282 g/mol. The van der Waals surface area contributed by atoms with Gasteiger partial charge in [-0.3, -0.25) is 0 Å². The van der Waals surface area contributed by atoms with Crippen molar-refractivity contribution in [1.29, 1.82) is 0 Å². The van der Waals surface area contributed by atoms with E-state index in [2.05, 4.69) is 5.32 Å². The normalized spacial score (nSPS) is 18.2. The molecule has 1 amide bonds. The summed E-state index contributed by atoms with van der Waals surface area (Å²) in [6.45, 7) is 5.16. The molecule has 118 valence electrons. The first-order valence-electron chi connectivity index (χ1n) is 6.98. The fourth-order valence-electron chi connectivity index (χ4n) is 2.19. The predicted molar refractivity (Wildman–Crippen MR) is 76.5 cm³/mol. The molecule has 0 atom stereocenters. The lowest BCUT2D eigenvalue weighted by molar-refractivity contribution is 0.120. The van der Waals surface area contributed by atoms with Gasteiger partial charge in [-0.05, 0) is 52.6 Å². The van der Waals surface area contributed by atoms with E-state index in [0.717, 1.165) is 25.8 Å². The molecule has 0 radical (unpaired) electrons. The molecule has 0 unspecified atom stereocenters. The standard InChI is InChI=1S/C12H25N3O4S/c1-10(2)19-12(16)14-20(17,18)15-8-5-11(6-9-15)4-7-13-3/h10-11,13H,4-9H2,1-3H3,(H,14,16). The molecule has 1 aliphatic heterocycles. The Balaban J connectivity index is 2.44. The van der Waals surface area contributed by atoms with Crippen LogP contribution < -0.4 is 10.0 Å². The molecule has 1 aliphatic rings. The fourth-order valence-corrected chi connectivity index (χ4v) is 3.27. The molecule has 0 aromatic carbocycles. The third-order valence-electron chi connectivity index (χ3n) is 3.27. The van der Waals surface area contributed by atoms with Crippen LogP contribution in [0.5, 0.6) is 0 Å². The van der Waals surface area contributed by atoms with E-state index in [1.54, 1.807) is 13.8 Å². The average Bonchev–Trinajstić information content (AvgIpc) is 2.35. The van der Waals surface area contributed by atoms with Crippen molar-refractivity contribution in [3.05, 3.63) is 0 Å². The van der Waals surface area contributed by atoms with Gasteiger partial charge in [-0.2, -0.15) is 12.7 Å². The van der Waals surface area contributed by atoms with Gasteiger partial charge in [0.2, 0.25) is 0 Å². The molecular formula is C12H25N3O4S. The van der Waals surface area contributed by atoms with Gasteiger partial charge in [-0.15, -0.1) is 0 Å². The van der Waals surface area contributed by atoms with Crippen LogP contribution in [0.25, 0.3) is 0 Å². The van der Waals surface area contributed by atoms with Crippen LogP contribution in [-0.2, 0) is 14.9 Å². The second kappa shape index (κ2) is 7.80. The second-order valence-corrected chi connectivity index (χ2v) is 6.97. The number of hydrogen-bond acceptors (Lipinski definition) is 5. The van der Waals surface area contributed by atoms with Gasteiger partial charge >= 0.3 is 16.3 Å². The zero-order valence-corrected chi connectivity index (χ0v) is 13.2. The lowest BCUT2D eigenvalue weighted by Gasteiger charge is -2.30. The maximum absolute atomic E-state index is 12.0.